The summed E-state index contributed by atoms with van der Waals surface area (Å²) >= 11 is 1.21. The lowest BCUT2D eigenvalue weighted by Crippen LogP contribution is -2.38. The minimum Gasteiger partial charge on any atom is -0.618 e. The number of benzene rings is 1. The molecule has 26 heavy (non-hydrogen) atoms. The fourth-order valence-electron chi connectivity index (χ4n) is 2.29. The van der Waals surface area contributed by atoms with Crippen LogP contribution in [0, 0.1) is 5.21 Å². The second kappa shape index (κ2) is 8.94. The number of rotatable bonds is 7. The third-order valence-corrected chi connectivity index (χ3v) is 4.79. The highest BCUT2D eigenvalue weighted by Gasteiger charge is 2.14. The molecule has 1 atom stereocenters. The van der Waals surface area contributed by atoms with Crippen molar-refractivity contribution in [3.63, 3.8) is 0 Å². The lowest BCUT2D eigenvalue weighted by molar-refractivity contribution is -0.645. The van der Waals surface area contributed by atoms with E-state index < -0.39 is 0 Å². The molecule has 1 aromatic carbocycles. The van der Waals surface area contributed by atoms with Gasteiger partial charge in [-0.15, -0.1) is 0 Å². The molecule has 0 aliphatic heterocycles. The zero-order chi connectivity index (χ0) is 19.2. The average Bonchev–Trinajstić information content (AvgIpc) is 2.59. The second-order valence-corrected chi connectivity index (χ2v) is 8.20. The zero-order valence-electron chi connectivity index (χ0n) is 15.7. The van der Waals surface area contributed by atoms with Gasteiger partial charge in [0.05, 0.1) is 11.8 Å². The molecule has 2 aromatic rings. The van der Waals surface area contributed by atoms with Crippen molar-refractivity contribution in [3.8, 4) is 5.75 Å². The molecule has 5 nitrogen and oxygen atoms in total. The smallest absolute Gasteiger partial charge is 0.251 e. The molecule has 1 amide bonds. The highest BCUT2D eigenvalue weighted by atomic mass is 32.2. The van der Waals surface area contributed by atoms with Crippen molar-refractivity contribution >= 4 is 17.7 Å². The monoisotopic (exact) mass is 374 g/mol. The van der Waals surface area contributed by atoms with Gasteiger partial charge in [0.1, 0.15) is 12.4 Å². The Bertz CT molecular complexity index is 727. The van der Waals surface area contributed by atoms with E-state index in [1.807, 2.05) is 19.1 Å². The maximum atomic E-state index is 12.0. The van der Waals surface area contributed by atoms with E-state index in [1.54, 1.807) is 18.2 Å². The summed E-state index contributed by atoms with van der Waals surface area (Å²) in [5, 5.41) is 14.9. The van der Waals surface area contributed by atoms with Crippen LogP contribution in [0.15, 0.2) is 53.7 Å². The summed E-state index contributed by atoms with van der Waals surface area (Å²) in [6.07, 6.45) is 1.42. The molecule has 0 saturated heterocycles. The number of amides is 1. The number of ether oxygens (including phenoxy) is 1. The van der Waals surface area contributed by atoms with Crippen molar-refractivity contribution in [2.24, 2.45) is 0 Å². The summed E-state index contributed by atoms with van der Waals surface area (Å²) in [6.45, 7) is 8.78. The van der Waals surface area contributed by atoms with Crippen LogP contribution in [-0.2, 0) is 10.2 Å². The number of hydrogen-bond acceptors (Lipinski definition) is 4. The first-order valence-electron chi connectivity index (χ1n) is 8.59. The Labute approximate surface area is 159 Å². The van der Waals surface area contributed by atoms with Crippen LogP contribution in [0.4, 0.5) is 0 Å². The molecule has 0 saturated carbocycles. The van der Waals surface area contributed by atoms with Crippen LogP contribution in [0.2, 0.25) is 0 Å². The van der Waals surface area contributed by atoms with Crippen LogP contribution < -0.4 is 14.8 Å². The summed E-state index contributed by atoms with van der Waals surface area (Å²) in [6, 6.07) is 13.0. The standard InChI is InChI=1S/C20H26N2O3S/c1-15(13-25-17-10-8-16(9-11-17)20(2,3)4)21-18(23)14-26-19-7-5-6-12-22(19)24/h5-12,15H,13-14H2,1-4H3,(H,21,23). The van der Waals surface area contributed by atoms with Gasteiger partial charge in [0.25, 0.3) is 5.03 Å². The summed E-state index contributed by atoms with van der Waals surface area (Å²) in [4.78, 5) is 12.0. The van der Waals surface area contributed by atoms with E-state index in [0.717, 1.165) is 10.5 Å². The molecule has 2 rings (SSSR count). The first-order valence-corrected chi connectivity index (χ1v) is 9.58. The van der Waals surface area contributed by atoms with E-state index in [2.05, 4.69) is 38.2 Å². The normalized spacial score (nSPS) is 12.5. The lowest BCUT2D eigenvalue weighted by atomic mass is 9.87. The Balaban J connectivity index is 1.75. The number of carbonyl (C=O) groups is 1. The van der Waals surface area contributed by atoms with Gasteiger partial charge in [0.15, 0.2) is 6.20 Å². The van der Waals surface area contributed by atoms with Crippen molar-refractivity contribution < 1.29 is 14.3 Å². The third-order valence-electron chi connectivity index (χ3n) is 3.77. The van der Waals surface area contributed by atoms with Crippen molar-refractivity contribution in [2.75, 3.05) is 12.4 Å². The fraction of sp³-hybridized carbons (Fsp3) is 0.400. The maximum absolute atomic E-state index is 12.0. The Hall–Kier alpha value is -2.21. The number of nitrogens with one attached hydrogen (secondary N) is 1. The summed E-state index contributed by atoms with van der Waals surface area (Å²) < 4.78 is 6.50. The van der Waals surface area contributed by atoms with Gasteiger partial charge in [-0.3, -0.25) is 4.79 Å². The molecule has 0 bridgehead atoms. The highest BCUT2D eigenvalue weighted by molar-refractivity contribution is 7.99. The Morgan fingerprint density at radius 2 is 1.92 bits per heavy atom. The Kier molecular flexibility index (Phi) is 6.91. The van der Waals surface area contributed by atoms with Crippen molar-refractivity contribution in [2.45, 2.75) is 44.2 Å². The molecule has 6 heteroatoms. The van der Waals surface area contributed by atoms with E-state index in [9.17, 15) is 10.0 Å². The highest BCUT2D eigenvalue weighted by Crippen LogP contribution is 2.24. The van der Waals surface area contributed by atoms with Crippen molar-refractivity contribution in [1.29, 1.82) is 0 Å². The van der Waals surface area contributed by atoms with Gasteiger partial charge in [-0.05, 0) is 47.9 Å². The van der Waals surface area contributed by atoms with Crippen molar-refractivity contribution in [1.82, 2.24) is 5.32 Å². The van der Waals surface area contributed by atoms with E-state index >= 15 is 0 Å². The topological polar surface area (TPSA) is 65.3 Å². The van der Waals surface area contributed by atoms with Gasteiger partial charge in [-0.2, -0.15) is 4.73 Å². The van der Waals surface area contributed by atoms with Gasteiger partial charge in [-0.1, -0.05) is 32.9 Å². The van der Waals surface area contributed by atoms with Gasteiger partial charge in [-0.25, -0.2) is 0 Å². The number of hydrogen-bond donors (Lipinski definition) is 1. The van der Waals surface area contributed by atoms with Gasteiger partial charge >= 0.3 is 0 Å². The minimum absolute atomic E-state index is 0.110. The first-order chi connectivity index (χ1) is 12.3. The predicted molar refractivity (Wildman–Crippen MR) is 104 cm³/mol. The van der Waals surface area contributed by atoms with Crippen LogP contribution in [-0.4, -0.2) is 24.3 Å². The SMILES string of the molecule is CC(COc1ccc(C(C)(C)C)cc1)NC(=O)CSc1cccc[n+]1[O-]. The van der Waals surface area contributed by atoms with Gasteiger partial charge in [0, 0.05) is 12.1 Å². The molecule has 1 heterocycles. The van der Waals surface area contributed by atoms with E-state index in [1.165, 1.54) is 23.5 Å². The molecule has 0 aliphatic carbocycles. The lowest BCUT2D eigenvalue weighted by Gasteiger charge is -2.19. The molecule has 1 aromatic heterocycles. The molecule has 1 N–H and O–H groups in total. The molecule has 140 valence electrons. The average molecular weight is 375 g/mol. The summed E-state index contributed by atoms with van der Waals surface area (Å²) in [5.74, 6) is 0.847. The number of aromatic nitrogens is 1. The molecule has 0 radical (unpaired) electrons. The molecular weight excluding hydrogens is 348 g/mol. The van der Waals surface area contributed by atoms with Crippen LogP contribution >= 0.6 is 11.8 Å². The molecule has 0 spiro atoms. The summed E-state index contributed by atoms with van der Waals surface area (Å²) in [5.41, 5.74) is 1.36. The second-order valence-electron chi connectivity index (χ2n) is 7.21. The van der Waals surface area contributed by atoms with E-state index in [0.29, 0.717) is 11.6 Å². The number of thioether (sulfide) groups is 1. The number of pyridine rings is 1. The summed E-state index contributed by atoms with van der Waals surface area (Å²) in [7, 11) is 0. The largest absolute Gasteiger partial charge is 0.618 e. The van der Waals surface area contributed by atoms with Gasteiger partial charge in [0.2, 0.25) is 5.91 Å². The quantitative estimate of drug-likeness (QED) is 0.459. The Morgan fingerprint density at radius 3 is 2.54 bits per heavy atom. The minimum atomic E-state index is -0.127. The van der Waals surface area contributed by atoms with Gasteiger partial charge < -0.3 is 15.3 Å². The molecular formula is C20H26N2O3S. The third kappa shape index (κ3) is 6.26. The predicted octanol–water partition coefficient (Wildman–Crippen LogP) is 3.29. The van der Waals surface area contributed by atoms with E-state index in [-0.39, 0.29) is 23.1 Å². The van der Waals surface area contributed by atoms with Crippen LogP contribution in [0.1, 0.15) is 33.3 Å². The zero-order valence-corrected chi connectivity index (χ0v) is 16.5. The molecule has 1 unspecified atom stereocenters. The van der Waals surface area contributed by atoms with Crippen molar-refractivity contribution in [3.05, 3.63) is 59.4 Å². The van der Waals surface area contributed by atoms with Crippen LogP contribution in [0.3, 0.4) is 0 Å². The van der Waals surface area contributed by atoms with E-state index in [4.69, 9.17) is 4.74 Å². The van der Waals surface area contributed by atoms with Crippen LogP contribution in [0.25, 0.3) is 0 Å². The fourth-order valence-corrected chi connectivity index (χ4v) is 3.02. The molecule has 0 aliphatic rings. The first kappa shape index (κ1) is 20.1. The number of nitrogens with zero attached hydrogens (tertiary/aromatic N) is 1. The Morgan fingerprint density at radius 1 is 1.23 bits per heavy atom. The number of carbonyl (C=O) groups excluding carboxylic acids is 1. The molecule has 0 fully saturated rings. The maximum Gasteiger partial charge on any atom is 0.251 e. The van der Waals surface area contributed by atoms with Crippen LogP contribution in [0.5, 0.6) is 5.75 Å².